The molecular formula is C18H29N3O2. The average Bonchev–Trinajstić information content (AvgIpc) is 2.53. The second-order valence-electron chi connectivity index (χ2n) is 6.60. The predicted molar refractivity (Wildman–Crippen MR) is 92.7 cm³/mol. The fourth-order valence-electron chi connectivity index (χ4n) is 3.29. The first-order chi connectivity index (χ1) is 10.9. The molecule has 4 N–H and O–H groups in total. The largest absolute Gasteiger partial charge is 0.508 e. The SMILES string of the molecule is CCc1cc(O)c(C(C)C)cc1CC(C(N)=O)N1CCNCC1. The molecule has 0 radical (unpaired) electrons. The minimum Gasteiger partial charge on any atom is -0.508 e. The molecule has 1 aliphatic heterocycles. The number of nitrogens with two attached hydrogens (primary N) is 1. The highest BCUT2D eigenvalue weighted by atomic mass is 16.3. The molecule has 0 saturated carbocycles. The second kappa shape index (κ2) is 7.79. The molecule has 0 aromatic heterocycles. The van der Waals surface area contributed by atoms with Crippen LogP contribution in [0.15, 0.2) is 12.1 Å². The van der Waals surface area contributed by atoms with Crippen LogP contribution in [0.2, 0.25) is 0 Å². The number of phenols is 1. The van der Waals surface area contributed by atoms with Crippen molar-refractivity contribution < 1.29 is 9.90 Å². The number of nitrogens with one attached hydrogen (secondary N) is 1. The smallest absolute Gasteiger partial charge is 0.235 e. The molecular weight excluding hydrogens is 290 g/mol. The monoisotopic (exact) mass is 319 g/mol. The molecule has 1 fully saturated rings. The maximum Gasteiger partial charge on any atom is 0.235 e. The summed E-state index contributed by atoms with van der Waals surface area (Å²) in [6.07, 6.45) is 1.44. The molecule has 0 bridgehead atoms. The van der Waals surface area contributed by atoms with Crippen molar-refractivity contribution in [2.75, 3.05) is 26.2 Å². The summed E-state index contributed by atoms with van der Waals surface area (Å²) < 4.78 is 0. The number of hydrogen-bond donors (Lipinski definition) is 3. The van der Waals surface area contributed by atoms with E-state index in [1.165, 1.54) is 0 Å². The van der Waals surface area contributed by atoms with Crippen molar-refractivity contribution in [1.82, 2.24) is 10.2 Å². The molecule has 0 spiro atoms. The zero-order valence-corrected chi connectivity index (χ0v) is 14.4. The fraction of sp³-hybridized carbons (Fsp3) is 0.611. The third-order valence-electron chi connectivity index (χ3n) is 4.69. The van der Waals surface area contributed by atoms with Crippen LogP contribution in [0, 0.1) is 0 Å². The number of carbonyl (C=O) groups excluding carboxylic acids is 1. The number of aromatic hydroxyl groups is 1. The zero-order valence-electron chi connectivity index (χ0n) is 14.4. The Bertz CT molecular complexity index is 551. The minimum atomic E-state index is -0.285. The van der Waals surface area contributed by atoms with Crippen LogP contribution in [-0.4, -0.2) is 48.1 Å². The Labute approximate surface area is 138 Å². The van der Waals surface area contributed by atoms with Gasteiger partial charge in [-0.2, -0.15) is 0 Å². The van der Waals surface area contributed by atoms with Crippen LogP contribution < -0.4 is 11.1 Å². The summed E-state index contributed by atoms with van der Waals surface area (Å²) in [6, 6.07) is 3.62. The highest BCUT2D eigenvalue weighted by Gasteiger charge is 2.26. The molecule has 1 heterocycles. The van der Waals surface area contributed by atoms with Gasteiger partial charge >= 0.3 is 0 Å². The number of rotatable bonds is 6. The standard InChI is InChI=1S/C18H29N3O2/c1-4-13-11-17(22)15(12(2)3)9-14(13)10-16(18(19)23)21-7-5-20-6-8-21/h9,11-12,16,20,22H,4-8,10H2,1-3H3,(H2,19,23). The number of piperazine rings is 1. The zero-order chi connectivity index (χ0) is 17.0. The molecule has 5 heteroatoms. The average molecular weight is 319 g/mol. The van der Waals surface area contributed by atoms with Crippen molar-refractivity contribution in [2.45, 2.75) is 45.6 Å². The third-order valence-corrected chi connectivity index (χ3v) is 4.69. The summed E-state index contributed by atoms with van der Waals surface area (Å²) in [4.78, 5) is 14.2. The van der Waals surface area contributed by atoms with Gasteiger partial charge in [0, 0.05) is 26.2 Å². The topological polar surface area (TPSA) is 78.6 Å². The quantitative estimate of drug-likeness (QED) is 0.740. The third kappa shape index (κ3) is 4.24. The van der Waals surface area contributed by atoms with Crippen LogP contribution in [0.1, 0.15) is 43.4 Å². The van der Waals surface area contributed by atoms with Gasteiger partial charge in [-0.3, -0.25) is 9.69 Å². The van der Waals surface area contributed by atoms with Gasteiger partial charge in [0.25, 0.3) is 0 Å². The van der Waals surface area contributed by atoms with Gasteiger partial charge in [0.1, 0.15) is 5.75 Å². The van der Waals surface area contributed by atoms with E-state index in [0.29, 0.717) is 12.2 Å². The van der Waals surface area contributed by atoms with Gasteiger partial charge in [0.15, 0.2) is 0 Å². The molecule has 5 nitrogen and oxygen atoms in total. The summed E-state index contributed by atoms with van der Waals surface area (Å²) in [5, 5.41) is 13.5. The van der Waals surface area contributed by atoms with Crippen LogP contribution in [0.3, 0.4) is 0 Å². The Morgan fingerprint density at radius 2 is 1.96 bits per heavy atom. The molecule has 1 aromatic rings. The van der Waals surface area contributed by atoms with Crippen molar-refractivity contribution >= 4 is 5.91 Å². The Balaban J connectivity index is 2.31. The lowest BCUT2D eigenvalue weighted by Gasteiger charge is -2.33. The van der Waals surface area contributed by atoms with Gasteiger partial charge in [-0.1, -0.05) is 26.8 Å². The highest BCUT2D eigenvalue weighted by molar-refractivity contribution is 5.80. The van der Waals surface area contributed by atoms with E-state index < -0.39 is 0 Å². The second-order valence-corrected chi connectivity index (χ2v) is 6.60. The van der Waals surface area contributed by atoms with Crippen molar-refractivity contribution in [3.8, 4) is 5.75 Å². The van der Waals surface area contributed by atoms with E-state index in [1.807, 2.05) is 6.07 Å². The van der Waals surface area contributed by atoms with Crippen molar-refractivity contribution in [2.24, 2.45) is 5.73 Å². The summed E-state index contributed by atoms with van der Waals surface area (Å²) in [5.41, 5.74) is 8.83. The molecule has 128 valence electrons. The van der Waals surface area contributed by atoms with Crippen LogP contribution in [0.4, 0.5) is 0 Å². The van der Waals surface area contributed by atoms with Crippen LogP contribution in [0.5, 0.6) is 5.75 Å². The Kier molecular flexibility index (Phi) is 6.02. The summed E-state index contributed by atoms with van der Waals surface area (Å²) in [7, 11) is 0. The number of primary amides is 1. The molecule has 2 rings (SSSR count). The Morgan fingerprint density at radius 1 is 1.30 bits per heavy atom. The lowest BCUT2D eigenvalue weighted by molar-refractivity contribution is -0.123. The van der Waals surface area contributed by atoms with Gasteiger partial charge in [-0.15, -0.1) is 0 Å². The molecule has 1 saturated heterocycles. The van der Waals surface area contributed by atoms with E-state index in [0.717, 1.165) is 49.3 Å². The molecule has 1 unspecified atom stereocenters. The van der Waals surface area contributed by atoms with E-state index in [-0.39, 0.29) is 17.9 Å². The highest BCUT2D eigenvalue weighted by Crippen LogP contribution is 2.30. The molecule has 1 aromatic carbocycles. The molecule has 1 aliphatic rings. The van der Waals surface area contributed by atoms with Crippen LogP contribution >= 0.6 is 0 Å². The number of hydrogen-bond acceptors (Lipinski definition) is 4. The summed E-state index contributed by atoms with van der Waals surface area (Å²) >= 11 is 0. The minimum absolute atomic E-state index is 0.242. The van der Waals surface area contributed by atoms with Gasteiger partial charge in [0.2, 0.25) is 5.91 Å². The Morgan fingerprint density at radius 3 is 2.48 bits per heavy atom. The lowest BCUT2D eigenvalue weighted by Crippen LogP contribution is -2.53. The van der Waals surface area contributed by atoms with E-state index >= 15 is 0 Å². The normalized spacial score (nSPS) is 17.4. The van der Waals surface area contributed by atoms with Crippen molar-refractivity contribution in [3.05, 3.63) is 28.8 Å². The molecule has 23 heavy (non-hydrogen) atoms. The number of aryl methyl sites for hydroxylation is 1. The Hall–Kier alpha value is -1.59. The van der Waals surface area contributed by atoms with Gasteiger partial charge in [0.05, 0.1) is 6.04 Å². The lowest BCUT2D eigenvalue weighted by atomic mass is 9.91. The number of carbonyl (C=O) groups is 1. The number of amides is 1. The molecule has 0 aliphatic carbocycles. The first kappa shape index (κ1) is 17.8. The van der Waals surface area contributed by atoms with Crippen molar-refractivity contribution in [1.29, 1.82) is 0 Å². The van der Waals surface area contributed by atoms with Gasteiger partial charge in [-0.05, 0) is 41.5 Å². The summed E-state index contributed by atoms with van der Waals surface area (Å²) in [5.74, 6) is 0.317. The van der Waals surface area contributed by atoms with Crippen LogP contribution in [0.25, 0.3) is 0 Å². The van der Waals surface area contributed by atoms with E-state index in [1.54, 1.807) is 0 Å². The predicted octanol–water partition coefficient (Wildman–Crippen LogP) is 1.38. The van der Waals surface area contributed by atoms with Crippen molar-refractivity contribution in [3.63, 3.8) is 0 Å². The van der Waals surface area contributed by atoms with Gasteiger partial charge < -0.3 is 16.2 Å². The number of benzene rings is 1. The molecule has 1 atom stereocenters. The van der Waals surface area contributed by atoms with Crippen LogP contribution in [-0.2, 0) is 17.6 Å². The van der Waals surface area contributed by atoms with E-state index in [2.05, 4.69) is 37.1 Å². The number of phenolic OH excluding ortho intramolecular Hbond substituents is 1. The summed E-state index contributed by atoms with van der Waals surface area (Å²) in [6.45, 7) is 9.64. The maximum atomic E-state index is 12.0. The first-order valence-corrected chi connectivity index (χ1v) is 8.52. The maximum absolute atomic E-state index is 12.0. The van der Waals surface area contributed by atoms with E-state index in [9.17, 15) is 9.90 Å². The first-order valence-electron chi connectivity index (χ1n) is 8.52. The van der Waals surface area contributed by atoms with Gasteiger partial charge in [-0.25, -0.2) is 0 Å². The fourth-order valence-corrected chi connectivity index (χ4v) is 3.29. The van der Waals surface area contributed by atoms with E-state index in [4.69, 9.17) is 5.73 Å². The molecule has 1 amide bonds. The number of nitrogens with zero attached hydrogens (tertiary/aromatic N) is 1.